The standard InChI is InChI=1S/C22H18F2N4O4/c23-18-5-3-12(8-19(18)24)27-14-1-2-15(27)11-26(10-14)22(30)17-9-21(29)25-20-6-4-13(28(31)32)7-16(17)20/h3-9,14-15H,1-2,10-11H2,(H,25,29). The number of piperazine rings is 1. The second-order valence-electron chi connectivity index (χ2n) is 8.14. The highest BCUT2D eigenvalue weighted by Gasteiger charge is 2.42. The predicted octanol–water partition coefficient (Wildman–Crippen LogP) is 3.21. The Morgan fingerprint density at radius 1 is 1.03 bits per heavy atom. The van der Waals surface area contributed by atoms with Crippen molar-refractivity contribution in [3.63, 3.8) is 0 Å². The molecule has 2 aliphatic rings. The number of nitro benzene ring substituents is 1. The van der Waals surface area contributed by atoms with Gasteiger partial charge in [0.15, 0.2) is 11.6 Å². The maximum Gasteiger partial charge on any atom is 0.270 e. The van der Waals surface area contributed by atoms with Crippen molar-refractivity contribution in [2.24, 2.45) is 0 Å². The van der Waals surface area contributed by atoms with Gasteiger partial charge in [0.05, 0.1) is 10.5 Å². The number of anilines is 1. The van der Waals surface area contributed by atoms with Crippen LogP contribution in [0.25, 0.3) is 10.9 Å². The maximum atomic E-state index is 13.8. The predicted molar refractivity (Wildman–Crippen MR) is 113 cm³/mol. The number of fused-ring (bicyclic) bond motifs is 3. The van der Waals surface area contributed by atoms with E-state index < -0.39 is 22.1 Å². The van der Waals surface area contributed by atoms with Crippen molar-refractivity contribution < 1.29 is 18.5 Å². The molecule has 10 heteroatoms. The van der Waals surface area contributed by atoms with Gasteiger partial charge < -0.3 is 14.8 Å². The summed E-state index contributed by atoms with van der Waals surface area (Å²) < 4.78 is 27.1. The van der Waals surface area contributed by atoms with E-state index in [1.54, 1.807) is 4.90 Å². The minimum Gasteiger partial charge on any atom is -0.362 e. The van der Waals surface area contributed by atoms with Crippen LogP contribution in [-0.2, 0) is 0 Å². The first-order valence-corrected chi connectivity index (χ1v) is 10.2. The monoisotopic (exact) mass is 440 g/mol. The number of carbonyl (C=O) groups excluding carboxylic acids is 1. The molecular weight excluding hydrogens is 422 g/mol. The average Bonchev–Trinajstić information content (AvgIpc) is 3.03. The molecule has 0 saturated carbocycles. The average molecular weight is 440 g/mol. The van der Waals surface area contributed by atoms with Crippen LogP contribution in [0.1, 0.15) is 23.2 Å². The molecule has 8 nitrogen and oxygen atoms in total. The number of nitro groups is 1. The molecule has 3 heterocycles. The first-order valence-electron chi connectivity index (χ1n) is 10.2. The molecule has 2 aliphatic heterocycles. The number of nitrogens with zero attached hydrogens (tertiary/aromatic N) is 3. The molecule has 2 unspecified atom stereocenters. The number of rotatable bonds is 3. The van der Waals surface area contributed by atoms with Crippen LogP contribution in [0, 0.1) is 21.7 Å². The third-order valence-corrected chi connectivity index (χ3v) is 6.24. The third-order valence-electron chi connectivity index (χ3n) is 6.24. The molecule has 2 fully saturated rings. The molecule has 164 valence electrons. The van der Waals surface area contributed by atoms with Gasteiger partial charge in [0.25, 0.3) is 11.6 Å². The number of pyridine rings is 1. The fraction of sp³-hybridized carbons (Fsp3) is 0.273. The second kappa shape index (κ2) is 7.40. The van der Waals surface area contributed by atoms with Crippen molar-refractivity contribution >= 4 is 28.2 Å². The normalized spacial score (nSPS) is 20.1. The topological polar surface area (TPSA) is 99.5 Å². The number of non-ortho nitro benzene ring substituents is 1. The van der Waals surface area contributed by atoms with E-state index in [9.17, 15) is 28.5 Å². The number of aromatic nitrogens is 1. The molecule has 32 heavy (non-hydrogen) atoms. The molecular formula is C22H18F2N4O4. The SMILES string of the molecule is O=C(c1cc(=O)[nH]c2ccc([N+](=O)[O-])cc12)N1CC2CCC(C1)N2c1ccc(F)c(F)c1. The number of hydrogen-bond acceptors (Lipinski definition) is 5. The maximum absolute atomic E-state index is 13.8. The highest BCUT2D eigenvalue weighted by atomic mass is 19.2. The van der Waals surface area contributed by atoms with E-state index in [1.165, 1.54) is 30.3 Å². The quantitative estimate of drug-likeness (QED) is 0.498. The number of aromatic amines is 1. The molecule has 0 radical (unpaired) electrons. The summed E-state index contributed by atoms with van der Waals surface area (Å²) in [5.74, 6) is -2.22. The number of nitrogens with one attached hydrogen (secondary N) is 1. The summed E-state index contributed by atoms with van der Waals surface area (Å²) >= 11 is 0. The Morgan fingerprint density at radius 2 is 1.75 bits per heavy atom. The van der Waals surface area contributed by atoms with Crippen LogP contribution < -0.4 is 10.5 Å². The van der Waals surface area contributed by atoms with E-state index in [-0.39, 0.29) is 29.2 Å². The Kier molecular flexibility index (Phi) is 4.65. The van der Waals surface area contributed by atoms with Crippen LogP contribution in [0.4, 0.5) is 20.2 Å². The van der Waals surface area contributed by atoms with Gasteiger partial charge in [-0.1, -0.05) is 0 Å². The first kappa shape index (κ1) is 20.1. The Morgan fingerprint density at radius 3 is 2.41 bits per heavy atom. The molecule has 0 spiro atoms. The summed E-state index contributed by atoms with van der Waals surface area (Å²) in [6, 6.07) is 8.77. The highest BCUT2D eigenvalue weighted by Crippen LogP contribution is 2.36. The lowest BCUT2D eigenvalue weighted by Gasteiger charge is -2.42. The Balaban J connectivity index is 1.47. The van der Waals surface area contributed by atoms with E-state index in [0.29, 0.717) is 29.7 Å². The third kappa shape index (κ3) is 3.28. The van der Waals surface area contributed by atoms with Crippen molar-refractivity contribution in [2.75, 3.05) is 18.0 Å². The molecule has 1 N–H and O–H groups in total. The van der Waals surface area contributed by atoms with Gasteiger partial charge >= 0.3 is 0 Å². The van der Waals surface area contributed by atoms with Crippen molar-refractivity contribution in [3.05, 3.63) is 80.1 Å². The number of likely N-dealkylation sites (tertiary alicyclic amines) is 1. The largest absolute Gasteiger partial charge is 0.362 e. The van der Waals surface area contributed by atoms with Gasteiger partial charge in [-0.15, -0.1) is 0 Å². The fourth-order valence-electron chi connectivity index (χ4n) is 4.84. The minimum absolute atomic E-state index is 0.0786. The van der Waals surface area contributed by atoms with Crippen LogP contribution in [0.15, 0.2) is 47.3 Å². The van der Waals surface area contributed by atoms with Crippen LogP contribution in [0.3, 0.4) is 0 Å². The summed E-state index contributed by atoms with van der Waals surface area (Å²) in [7, 11) is 0. The Hall–Kier alpha value is -3.82. The number of benzene rings is 2. The number of carbonyl (C=O) groups is 1. The molecule has 5 rings (SSSR count). The van der Waals surface area contributed by atoms with E-state index >= 15 is 0 Å². The summed E-state index contributed by atoms with van der Waals surface area (Å²) in [6.07, 6.45) is 1.57. The molecule has 0 aliphatic carbocycles. The van der Waals surface area contributed by atoms with Gasteiger partial charge in [-0.2, -0.15) is 0 Å². The molecule has 1 aromatic heterocycles. The summed E-state index contributed by atoms with van der Waals surface area (Å²) in [5.41, 5.74) is 0.364. The van der Waals surface area contributed by atoms with Crippen molar-refractivity contribution in [3.8, 4) is 0 Å². The lowest BCUT2D eigenvalue weighted by molar-refractivity contribution is -0.384. The zero-order valence-electron chi connectivity index (χ0n) is 16.8. The first-order chi connectivity index (χ1) is 15.3. The fourth-order valence-corrected chi connectivity index (χ4v) is 4.84. The molecule has 2 saturated heterocycles. The van der Waals surface area contributed by atoms with Crippen LogP contribution in [0.2, 0.25) is 0 Å². The number of halogens is 2. The van der Waals surface area contributed by atoms with E-state index in [2.05, 4.69) is 4.98 Å². The number of amides is 1. The van der Waals surface area contributed by atoms with E-state index in [4.69, 9.17) is 0 Å². The van der Waals surface area contributed by atoms with Crippen molar-refractivity contribution in [1.82, 2.24) is 9.88 Å². The van der Waals surface area contributed by atoms with Gasteiger partial charge in [0.2, 0.25) is 5.56 Å². The molecule has 2 aromatic carbocycles. The Bertz CT molecular complexity index is 1310. The summed E-state index contributed by atoms with van der Waals surface area (Å²) in [4.78, 5) is 42.4. The number of H-pyrrole nitrogens is 1. The molecule has 3 aromatic rings. The Labute approximate surface area is 180 Å². The zero-order chi connectivity index (χ0) is 22.6. The minimum atomic E-state index is -0.919. The number of hydrogen-bond donors (Lipinski definition) is 1. The van der Waals surface area contributed by atoms with E-state index in [1.807, 2.05) is 4.90 Å². The highest BCUT2D eigenvalue weighted by molar-refractivity contribution is 6.06. The zero-order valence-corrected chi connectivity index (χ0v) is 16.8. The van der Waals surface area contributed by atoms with Gasteiger partial charge in [-0.3, -0.25) is 19.7 Å². The van der Waals surface area contributed by atoms with E-state index in [0.717, 1.165) is 25.0 Å². The molecule has 2 atom stereocenters. The van der Waals surface area contributed by atoms with Crippen molar-refractivity contribution in [2.45, 2.75) is 24.9 Å². The smallest absolute Gasteiger partial charge is 0.270 e. The van der Waals surface area contributed by atoms with Crippen LogP contribution in [0.5, 0.6) is 0 Å². The van der Waals surface area contributed by atoms with Crippen molar-refractivity contribution in [1.29, 1.82) is 0 Å². The summed E-state index contributed by atoms with van der Waals surface area (Å²) in [5, 5.41) is 11.5. The van der Waals surface area contributed by atoms with Gasteiger partial charge in [-0.25, -0.2) is 8.78 Å². The summed E-state index contributed by atoms with van der Waals surface area (Å²) in [6.45, 7) is 0.690. The van der Waals surface area contributed by atoms with Gasteiger partial charge in [-0.05, 0) is 31.0 Å². The van der Waals surface area contributed by atoms with Gasteiger partial charge in [0.1, 0.15) is 0 Å². The molecule has 2 bridgehead atoms. The lowest BCUT2D eigenvalue weighted by Crippen LogP contribution is -2.55. The van der Waals surface area contributed by atoms with Crippen LogP contribution >= 0.6 is 0 Å². The molecule has 1 amide bonds. The van der Waals surface area contributed by atoms with Gasteiger partial charge in [0, 0.05) is 66.0 Å². The van der Waals surface area contributed by atoms with Crippen LogP contribution in [-0.4, -0.2) is 45.9 Å². The lowest BCUT2D eigenvalue weighted by atomic mass is 10.1. The second-order valence-corrected chi connectivity index (χ2v) is 8.14.